The van der Waals surface area contributed by atoms with Crippen molar-refractivity contribution in [2.75, 3.05) is 13.6 Å². The Morgan fingerprint density at radius 3 is 2.30 bits per heavy atom. The Bertz CT molecular complexity index is 326. The van der Waals surface area contributed by atoms with E-state index in [0.29, 0.717) is 23.9 Å². The molecule has 20 heavy (non-hydrogen) atoms. The fourth-order valence-electron chi connectivity index (χ4n) is 4.60. The lowest BCUT2D eigenvalue weighted by molar-refractivity contribution is -0.131. The molecule has 2 unspecified atom stereocenters. The van der Waals surface area contributed by atoms with Crippen LogP contribution in [0.2, 0.25) is 0 Å². The maximum Gasteiger partial charge on any atom is 0.222 e. The number of nitrogens with one attached hydrogen (secondary N) is 1. The lowest BCUT2D eigenvalue weighted by atomic mass is 9.88. The SMILES string of the molecule is CN(CC1CCCCC1)C(=O)CC1CC2CCC(C1)N2. The van der Waals surface area contributed by atoms with E-state index in [4.69, 9.17) is 0 Å². The Morgan fingerprint density at radius 2 is 1.65 bits per heavy atom. The second-order valence-electron chi connectivity index (χ2n) is 7.46. The molecule has 2 aliphatic heterocycles. The molecule has 3 nitrogen and oxygen atoms in total. The number of piperidine rings is 1. The molecule has 3 fully saturated rings. The van der Waals surface area contributed by atoms with Gasteiger partial charge in [-0.3, -0.25) is 4.79 Å². The quantitative estimate of drug-likeness (QED) is 0.857. The highest BCUT2D eigenvalue weighted by molar-refractivity contribution is 5.76. The number of hydrogen-bond donors (Lipinski definition) is 1. The molecule has 0 aromatic carbocycles. The Balaban J connectivity index is 1.43. The first-order valence-electron chi connectivity index (χ1n) is 8.70. The van der Waals surface area contributed by atoms with E-state index < -0.39 is 0 Å². The van der Waals surface area contributed by atoms with E-state index in [1.54, 1.807) is 0 Å². The van der Waals surface area contributed by atoms with Crippen LogP contribution in [0.5, 0.6) is 0 Å². The van der Waals surface area contributed by atoms with Crippen molar-refractivity contribution in [1.29, 1.82) is 0 Å². The summed E-state index contributed by atoms with van der Waals surface area (Å²) in [6.45, 7) is 0.997. The van der Waals surface area contributed by atoms with Crippen molar-refractivity contribution in [2.24, 2.45) is 11.8 Å². The predicted octanol–water partition coefficient (Wildman–Crippen LogP) is 2.95. The van der Waals surface area contributed by atoms with Crippen LogP contribution in [-0.2, 0) is 4.79 Å². The minimum absolute atomic E-state index is 0.391. The monoisotopic (exact) mass is 278 g/mol. The van der Waals surface area contributed by atoms with Crippen molar-refractivity contribution in [3.63, 3.8) is 0 Å². The van der Waals surface area contributed by atoms with Crippen LogP contribution in [0.25, 0.3) is 0 Å². The predicted molar refractivity (Wildman–Crippen MR) is 81.5 cm³/mol. The van der Waals surface area contributed by atoms with Gasteiger partial charge in [0.25, 0.3) is 0 Å². The summed E-state index contributed by atoms with van der Waals surface area (Å²) in [6, 6.07) is 1.41. The normalized spacial score (nSPS) is 34.1. The highest BCUT2D eigenvalue weighted by atomic mass is 16.2. The molecule has 3 rings (SSSR count). The average Bonchev–Trinajstić information content (AvgIpc) is 2.79. The zero-order valence-corrected chi connectivity index (χ0v) is 12.9. The second kappa shape index (κ2) is 6.46. The maximum absolute atomic E-state index is 12.4. The number of rotatable bonds is 4. The van der Waals surface area contributed by atoms with Gasteiger partial charge in [0.15, 0.2) is 0 Å². The van der Waals surface area contributed by atoms with Gasteiger partial charge >= 0.3 is 0 Å². The summed E-state index contributed by atoms with van der Waals surface area (Å²) in [5.41, 5.74) is 0. The molecule has 2 bridgehead atoms. The van der Waals surface area contributed by atoms with Crippen LogP contribution in [0.4, 0.5) is 0 Å². The highest BCUT2D eigenvalue weighted by Gasteiger charge is 2.34. The Morgan fingerprint density at radius 1 is 1.00 bits per heavy atom. The zero-order valence-electron chi connectivity index (χ0n) is 12.9. The van der Waals surface area contributed by atoms with E-state index in [0.717, 1.165) is 18.9 Å². The second-order valence-corrected chi connectivity index (χ2v) is 7.46. The summed E-state index contributed by atoms with van der Waals surface area (Å²) >= 11 is 0. The topological polar surface area (TPSA) is 32.3 Å². The number of fused-ring (bicyclic) bond motifs is 2. The first kappa shape index (κ1) is 14.4. The minimum atomic E-state index is 0.391. The van der Waals surface area contributed by atoms with Gasteiger partial charge in [-0.05, 0) is 50.4 Å². The summed E-state index contributed by atoms with van der Waals surface area (Å²) in [4.78, 5) is 14.5. The Labute approximate surface area is 123 Å². The van der Waals surface area contributed by atoms with E-state index in [2.05, 4.69) is 5.32 Å². The maximum atomic E-state index is 12.4. The van der Waals surface area contributed by atoms with Crippen molar-refractivity contribution in [1.82, 2.24) is 10.2 Å². The van der Waals surface area contributed by atoms with E-state index in [9.17, 15) is 4.79 Å². The lowest BCUT2D eigenvalue weighted by Gasteiger charge is -2.31. The molecular weight excluding hydrogens is 248 g/mol. The third-order valence-corrected chi connectivity index (χ3v) is 5.72. The Hall–Kier alpha value is -0.570. The van der Waals surface area contributed by atoms with Gasteiger partial charge in [-0.25, -0.2) is 0 Å². The van der Waals surface area contributed by atoms with Crippen LogP contribution in [0.3, 0.4) is 0 Å². The van der Waals surface area contributed by atoms with Crippen molar-refractivity contribution in [3.05, 3.63) is 0 Å². The van der Waals surface area contributed by atoms with Gasteiger partial charge in [-0.1, -0.05) is 19.3 Å². The highest BCUT2D eigenvalue weighted by Crippen LogP contribution is 2.33. The van der Waals surface area contributed by atoms with Crippen LogP contribution < -0.4 is 5.32 Å². The van der Waals surface area contributed by atoms with Gasteiger partial charge in [0, 0.05) is 32.1 Å². The van der Waals surface area contributed by atoms with Crippen molar-refractivity contribution in [3.8, 4) is 0 Å². The molecule has 2 atom stereocenters. The molecule has 3 heteroatoms. The number of carbonyl (C=O) groups excluding carboxylic acids is 1. The molecule has 2 saturated heterocycles. The molecule has 1 amide bonds. The molecule has 1 aliphatic carbocycles. The van der Waals surface area contributed by atoms with Crippen molar-refractivity contribution < 1.29 is 4.79 Å². The average molecular weight is 278 g/mol. The van der Waals surface area contributed by atoms with Gasteiger partial charge in [-0.2, -0.15) is 0 Å². The van der Waals surface area contributed by atoms with E-state index in [1.807, 2.05) is 11.9 Å². The van der Waals surface area contributed by atoms with Gasteiger partial charge in [0.2, 0.25) is 5.91 Å². The smallest absolute Gasteiger partial charge is 0.222 e. The van der Waals surface area contributed by atoms with E-state index in [1.165, 1.54) is 57.8 Å². The molecule has 1 N–H and O–H groups in total. The zero-order chi connectivity index (χ0) is 13.9. The number of nitrogens with zero attached hydrogens (tertiary/aromatic N) is 1. The molecular formula is C17H30N2O. The summed E-state index contributed by atoms with van der Waals surface area (Å²) in [5.74, 6) is 1.79. The van der Waals surface area contributed by atoms with Crippen LogP contribution in [0.1, 0.15) is 64.2 Å². The summed E-state index contributed by atoms with van der Waals surface area (Å²) in [7, 11) is 2.02. The molecule has 0 spiro atoms. The number of amides is 1. The van der Waals surface area contributed by atoms with Crippen molar-refractivity contribution >= 4 is 5.91 Å². The molecule has 114 valence electrons. The molecule has 0 aromatic heterocycles. The molecule has 2 heterocycles. The number of carbonyl (C=O) groups is 1. The lowest BCUT2D eigenvalue weighted by Crippen LogP contribution is -2.40. The minimum Gasteiger partial charge on any atom is -0.345 e. The van der Waals surface area contributed by atoms with Crippen LogP contribution in [0.15, 0.2) is 0 Å². The molecule has 0 radical (unpaired) electrons. The summed E-state index contributed by atoms with van der Waals surface area (Å²) in [6.07, 6.45) is 12.7. The largest absolute Gasteiger partial charge is 0.345 e. The third-order valence-electron chi connectivity index (χ3n) is 5.72. The molecule has 1 saturated carbocycles. The van der Waals surface area contributed by atoms with Gasteiger partial charge in [-0.15, -0.1) is 0 Å². The van der Waals surface area contributed by atoms with Gasteiger partial charge in [0.1, 0.15) is 0 Å². The summed E-state index contributed by atoms with van der Waals surface area (Å²) in [5, 5.41) is 3.66. The van der Waals surface area contributed by atoms with Gasteiger partial charge < -0.3 is 10.2 Å². The fraction of sp³-hybridized carbons (Fsp3) is 0.941. The molecule has 0 aromatic rings. The molecule has 3 aliphatic rings. The Kier molecular flexibility index (Phi) is 4.65. The standard InChI is InChI=1S/C17H30N2O/c1-19(12-13-5-3-2-4-6-13)17(20)11-14-9-15-7-8-16(10-14)18-15/h13-16,18H,2-12H2,1H3. The fourth-order valence-corrected chi connectivity index (χ4v) is 4.60. The first-order valence-corrected chi connectivity index (χ1v) is 8.70. The number of hydrogen-bond acceptors (Lipinski definition) is 2. The first-order chi connectivity index (χ1) is 9.70. The van der Waals surface area contributed by atoms with Gasteiger partial charge in [0.05, 0.1) is 0 Å². The third kappa shape index (κ3) is 3.55. The van der Waals surface area contributed by atoms with E-state index in [-0.39, 0.29) is 0 Å². The van der Waals surface area contributed by atoms with Crippen molar-refractivity contribution in [2.45, 2.75) is 76.3 Å². The van der Waals surface area contributed by atoms with Crippen LogP contribution in [-0.4, -0.2) is 36.5 Å². The van der Waals surface area contributed by atoms with Crippen LogP contribution >= 0.6 is 0 Å². The van der Waals surface area contributed by atoms with E-state index >= 15 is 0 Å². The van der Waals surface area contributed by atoms with Crippen LogP contribution in [0, 0.1) is 11.8 Å². The summed E-state index contributed by atoms with van der Waals surface area (Å²) < 4.78 is 0.